The molecule has 0 aliphatic rings. The Labute approximate surface area is 1200 Å². The molecule has 0 aromatic heterocycles. The SMILES string of the molecule is OB(O)O.OB(O)O.[LiH].[LiH].[LiH].[LiH].[LiH].[LiH].[LiH].[LiH].[LiH].[LiH].[LiH].[LiH].[LiH].[LiH].[LiH].[LiH].[LiH].[LiH].[LiH].[LiH].[LiH].[LiH].[LiH].[LiH].[LiH].[LiH].[LiH].[LiH].[LiH].[LiH].[LiH].[LiH].[LiH].[LiH].[LiH].[LiH].[LiH].[LiH].[LiH].[LiH].[LiH].[LiH].[LiH].[LiH].[LiH].[LiH].[LiH].[LiH].[LiH].[LiH].[LiH].[LiH].[LiH].[LiH].[LiH].[LiH].[LiH].[LiH].[LiH].[LiH].[LiH].[LiH].[LiH]. The van der Waals surface area contributed by atoms with Gasteiger partial charge in [-0.3, -0.25) is 0 Å². The summed E-state index contributed by atoms with van der Waals surface area (Å²) >= 11 is 0. The van der Waals surface area contributed by atoms with Crippen LogP contribution in [0.15, 0.2) is 0 Å². The van der Waals surface area contributed by atoms with Crippen molar-refractivity contribution in [1.29, 1.82) is 0 Å². The fourth-order valence-electron chi connectivity index (χ4n) is 0. The molecule has 0 bridgehead atoms. The van der Waals surface area contributed by atoms with Gasteiger partial charge in [-0.2, -0.15) is 0 Å². The van der Waals surface area contributed by atoms with E-state index in [0.29, 0.717) is 0 Å². The second-order valence-electron chi connectivity index (χ2n) is 0.693. The molecule has 0 aromatic carbocycles. The van der Waals surface area contributed by atoms with Crippen molar-refractivity contribution in [2.24, 2.45) is 0 Å². The molecule has 0 aliphatic heterocycles. The average Bonchev–Trinajstić information content (AvgIpc) is 1.25. The maximum absolute atomic E-state index is 7.17. The van der Waals surface area contributed by atoms with E-state index >= 15 is 0 Å². The van der Waals surface area contributed by atoms with E-state index in [0.717, 1.165) is 0 Å². The van der Waals surface area contributed by atoms with Crippen LogP contribution < -0.4 is 0 Å². The van der Waals surface area contributed by atoms with Crippen molar-refractivity contribution in [2.75, 3.05) is 0 Å². The zero-order chi connectivity index (χ0) is 7.15. The van der Waals surface area contributed by atoms with Gasteiger partial charge in [0.05, 0.1) is 0 Å². The molecule has 0 saturated carbocycles. The fourth-order valence-corrected chi connectivity index (χ4v) is 0. The van der Waals surface area contributed by atoms with Crippen LogP contribution in [0.5, 0.6) is 0 Å². The van der Waals surface area contributed by atoms with Gasteiger partial charge in [-0.15, -0.1) is 0 Å². The van der Waals surface area contributed by atoms with Crippen molar-refractivity contribution in [1.82, 2.24) is 0 Å². The number of rotatable bonds is 0. The van der Waals surface area contributed by atoms with Gasteiger partial charge in [-0.05, 0) is 0 Å². The maximum atomic E-state index is 7.17. The Morgan fingerprint density at radius 3 is 0.0704 bits per heavy atom. The zero-order valence-electron chi connectivity index (χ0n) is 3.84. The summed E-state index contributed by atoms with van der Waals surface area (Å²) in [4.78, 5) is 0. The fraction of sp³-hybridized carbons (Fsp3) is 0. The molecule has 0 aliphatic carbocycles. The molecular weight excluding hydrogens is 555 g/mol. The van der Waals surface area contributed by atoms with Gasteiger partial charge in [-0.25, -0.2) is 0 Å². The monoisotopic (exact) mass is 630 g/mol. The van der Waals surface area contributed by atoms with E-state index in [1.165, 1.54) is 0 Å². The molecule has 0 atom stereocenters. The van der Waals surface area contributed by atoms with Crippen molar-refractivity contribution in [3.63, 3.8) is 0 Å². The summed E-state index contributed by atoms with van der Waals surface area (Å²) in [6.07, 6.45) is 0. The van der Waals surface area contributed by atoms with E-state index in [2.05, 4.69) is 0 Å². The van der Waals surface area contributed by atoms with Gasteiger partial charge in [0.25, 0.3) is 0 Å². The Morgan fingerprint density at radius 2 is 0.0704 bits per heavy atom. The third kappa shape index (κ3) is 850. The zero-order valence-corrected chi connectivity index (χ0v) is 3.84. The first-order chi connectivity index (χ1) is 3.46. The molecule has 0 saturated heterocycles. The summed E-state index contributed by atoms with van der Waals surface area (Å²) in [6.45, 7) is 0. The molecule has 0 heterocycles. The van der Waals surface area contributed by atoms with Crippen LogP contribution in [-0.4, -0.2) is 1230 Å². The van der Waals surface area contributed by atoms with E-state index in [1.54, 1.807) is 0 Å². The molecule has 6 N–H and O–H groups in total. The van der Waals surface area contributed by atoms with Crippen molar-refractivity contribution in [3.8, 4) is 0 Å². The first-order valence-corrected chi connectivity index (χ1v) is 1.55. The molecule has 6 nitrogen and oxygen atoms in total. The topological polar surface area (TPSA) is 121 Å². The number of hydrogen-bond acceptors (Lipinski definition) is 6. The predicted octanol–water partition coefficient (Wildman–Crippen LogP) is -45.0. The van der Waals surface area contributed by atoms with E-state index in [-0.39, 0.29) is 1190 Å². The molecule has 0 radical (unpaired) electrons. The van der Waals surface area contributed by atoms with Crippen LogP contribution in [0.25, 0.3) is 0 Å². The van der Waals surface area contributed by atoms with Gasteiger partial charge in [0.1, 0.15) is 0 Å². The van der Waals surface area contributed by atoms with E-state index in [4.69, 9.17) is 30.1 Å². The molecule has 71 heteroatoms. The minimum absolute atomic E-state index is 0. The Morgan fingerprint density at radius 1 is 0.0704 bits per heavy atom. The molecule has 0 aromatic rings. The molecule has 0 unspecified atom stereocenters. The molecule has 0 amide bonds. The summed E-state index contributed by atoms with van der Waals surface area (Å²) < 4.78 is 0. The number of hydrogen-bond donors (Lipinski definition) is 6. The quantitative estimate of drug-likeness (QED) is 0.149. The van der Waals surface area contributed by atoms with Crippen molar-refractivity contribution in [3.05, 3.63) is 0 Å². The Balaban J connectivity index is -0.0000000000853. The van der Waals surface area contributed by atoms with Gasteiger partial charge >= 0.3 is 1200 Å². The van der Waals surface area contributed by atoms with Crippen molar-refractivity contribution in [2.45, 2.75) is 0 Å². The van der Waals surface area contributed by atoms with Crippen molar-refractivity contribution >= 4 is 1200 Å². The average molecular weight is 624 g/mol. The minimum atomic E-state index is -2.17. The van der Waals surface area contributed by atoms with Crippen LogP contribution in [0.1, 0.15) is 0 Å². The Bertz CT molecular complexity index is 58.1. The predicted molar refractivity (Wildman–Crippen MR) is 475 cm³/mol. The standard InChI is InChI=1S/2BH3O3.63Li.63H/c2*2-1(3)4;;;;;;;;;;;;;;;;;;;;;;;;;;;;;;;;;;;;;;;;;;;;;;;;;;;;;;;;;;;;;;;;;;;;;;;;;;;;;;;;;;;;;;;;;;;;;;;;;;;;;;;;;;;;;;;;;;;;;;;;;;;;;;/h2*2-4H;;;;;;;;;;;;;;;;;;;;;;;;;;;;;;;;;;;;;;;;;;;;;;;;;;;;;;;;;;;;;;;;;;;;;;;;;;;;;;;;;;;;;;;;;;;;;;;;;;;;;;;;;;;;;;;;;;;;;;;;;;;;;;. The second-order valence-corrected chi connectivity index (χ2v) is 0.693. The summed E-state index contributed by atoms with van der Waals surface area (Å²) in [5.41, 5.74) is 0. The third-order valence-electron chi connectivity index (χ3n) is 0. The molecule has 71 heavy (non-hydrogen) atoms. The summed E-state index contributed by atoms with van der Waals surface area (Å²) in [6, 6.07) is 0. The van der Waals surface area contributed by atoms with Gasteiger partial charge in [0.2, 0.25) is 0 Å². The van der Waals surface area contributed by atoms with Crippen LogP contribution in [0.3, 0.4) is 0 Å². The van der Waals surface area contributed by atoms with Gasteiger partial charge < -0.3 is 30.1 Å². The molecule has 0 spiro atoms. The molecular formula is H69B2Li63O6. The van der Waals surface area contributed by atoms with E-state index < -0.39 is 14.6 Å². The summed E-state index contributed by atoms with van der Waals surface area (Å²) in [5, 5.41) is 43.0. The Hall–Kier alpha value is 37.5. The summed E-state index contributed by atoms with van der Waals surface area (Å²) in [7, 11) is -4.33. The van der Waals surface area contributed by atoms with Crippen LogP contribution in [0.4, 0.5) is 0 Å². The van der Waals surface area contributed by atoms with Crippen LogP contribution in [0.2, 0.25) is 0 Å². The van der Waals surface area contributed by atoms with Gasteiger partial charge in [-0.1, -0.05) is 0 Å². The van der Waals surface area contributed by atoms with Crippen LogP contribution in [-0.2, 0) is 0 Å². The molecule has 0 rings (SSSR count). The third-order valence-corrected chi connectivity index (χ3v) is 0. The van der Waals surface area contributed by atoms with Crippen molar-refractivity contribution < 1.29 is 30.1 Å². The van der Waals surface area contributed by atoms with Gasteiger partial charge in [0.15, 0.2) is 0 Å². The second kappa shape index (κ2) is 644. The molecule has 0 fully saturated rings. The van der Waals surface area contributed by atoms with E-state index in [9.17, 15) is 0 Å². The van der Waals surface area contributed by atoms with Gasteiger partial charge in [0, 0.05) is 0 Å². The van der Waals surface area contributed by atoms with Crippen LogP contribution in [0, 0.1) is 0 Å². The first kappa shape index (κ1) is 662. The first-order valence-electron chi connectivity index (χ1n) is 1.55. The van der Waals surface area contributed by atoms with Crippen LogP contribution >= 0.6 is 0 Å². The molecule has 174 valence electrons. The normalized spacial score (nSPS) is 0.761. The Kier molecular flexibility index (Phi) is 6010. The van der Waals surface area contributed by atoms with E-state index in [1.807, 2.05) is 0 Å². The summed E-state index contributed by atoms with van der Waals surface area (Å²) in [5.74, 6) is 0.